The minimum atomic E-state index is -0.541. The Labute approximate surface area is 118 Å². The average Bonchev–Trinajstić information content (AvgIpc) is 2.37. The molecule has 110 valence electrons. The van der Waals surface area contributed by atoms with Crippen LogP contribution >= 0.6 is 0 Å². The van der Waals surface area contributed by atoms with Crippen molar-refractivity contribution in [2.45, 2.75) is 19.8 Å². The van der Waals surface area contributed by atoms with Gasteiger partial charge in [0.25, 0.3) is 5.69 Å². The van der Waals surface area contributed by atoms with E-state index in [0.29, 0.717) is 17.3 Å². The standard InChI is InChI=1S/C14H20FN3O2/c1-10-5-4-6-17(9-10)12-8-13(16(2)3)14(18(19)20)7-11(12)15/h7-8,10H,4-6,9H2,1-3H3/t10-/m0/s1. The zero-order valence-electron chi connectivity index (χ0n) is 12.1. The monoisotopic (exact) mass is 281 g/mol. The van der Waals surface area contributed by atoms with Gasteiger partial charge in [-0.1, -0.05) is 6.92 Å². The number of rotatable bonds is 3. The number of nitro groups is 1. The quantitative estimate of drug-likeness (QED) is 0.631. The Morgan fingerprint density at radius 1 is 1.45 bits per heavy atom. The Morgan fingerprint density at radius 2 is 2.15 bits per heavy atom. The van der Waals surface area contributed by atoms with Crippen LogP contribution in [0.2, 0.25) is 0 Å². The molecule has 1 aromatic carbocycles. The van der Waals surface area contributed by atoms with E-state index < -0.39 is 10.7 Å². The van der Waals surface area contributed by atoms with Gasteiger partial charge in [0.2, 0.25) is 0 Å². The van der Waals surface area contributed by atoms with Crippen molar-refractivity contribution in [3.63, 3.8) is 0 Å². The van der Waals surface area contributed by atoms with E-state index in [-0.39, 0.29) is 5.69 Å². The highest BCUT2D eigenvalue weighted by atomic mass is 19.1. The summed E-state index contributed by atoms with van der Waals surface area (Å²) in [5.74, 6) is -0.00227. The molecule has 0 aromatic heterocycles. The molecular formula is C14H20FN3O2. The maximum atomic E-state index is 14.2. The molecule has 0 bridgehead atoms. The fraction of sp³-hybridized carbons (Fsp3) is 0.571. The molecule has 0 radical (unpaired) electrons. The molecule has 0 aliphatic carbocycles. The zero-order valence-corrected chi connectivity index (χ0v) is 12.1. The first-order valence-electron chi connectivity index (χ1n) is 6.80. The number of benzene rings is 1. The normalized spacial score (nSPS) is 19.0. The summed E-state index contributed by atoms with van der Waals surface area (Å²) in [6.07, 6.45) is 2.17. The van der Waals surface area contributed by atoms with Crippen molar-refractivity contribution in [1.29, 1.82) is 0 Å². The average molecular weight is 281 g/mol. The second-order valence-electron chi connectivity index (χ2n) is 5.64. The first kappa shape index (κ1) is 14.6. The van der Waals surface area contributed by atoms with E-state index in [1.807, 2.05) is 4.90 Å². The maximum Gasteiger partial charge on any atom is 0.295 e. The number of piperidine rings is 1. The largest absolute Gasteiger partial charge is 0.372 e. The van der Waals surface area contributed by atoms with Crippen LogP contribution < -0.4 is 9.80 Å². The third kappa shape index (κ3) is 2.84. The highest BCUT2D eigenvalue weighted by molar-refractivity contribution is 5.70. The summed E-state index contributed by atoms with van der Waals surface area (Å²) >= 11 is 0. The molecule has 1 aliphatic heterocycles. The van der Waals surface area contributed by atoms with Crippen molar-refractivity contribution in [2.75, 3.05) is 37.0 Å². The van der Waals surface area contributed by atoms with Crippen LogP contribution in [0.5, 0.6) is 0 Å². The second-order valence-corrected chi connectivity index (χ2v) is 5.64. The van der Waals surface area contributed by atoms with Gasteiger partial charge in [-0.3, -0.25) is 10.1 Å². The Bertz CT molecular complexity index is 519. The molecule has 0 amide bonds. The summed E-state index contributed by atoms with van der Waals surface area (Å²) in [6, 6.07) is 2.62. The van der Waals surface area contributed by atoms with E-state index in [9.17, 15) is 14.5 Å². The van der Waals surface area contributed by atoms with Crippen LogP contribution in [0.3, 0.4) is 0 Å². The van der Waals surface area contributed by atoms with Gasteiger partial charge < -0.3 is 9.80 Å². The van der Waals surface area contributed by atoms with Gasteiger partial charge in [-0.25, -0.2) is 4.39 Å². The predicted molar refractivity (Wildman–Crippen MR) is 78.0 cm³/mol. The number of hydrogen-bond donors (Lipinski definition) is 0. The first-order chi connectivity index (χ1) is 9.40. The molecule has 0 unspecified atom stereocenters. The minimum Gasteiger partial charge on any atom is -0.372 e. The van der Waals surface area contributed by atoms with Crippen LogP contribution in [0.25, 0.3) is 0 Å². The lowest BCUT2D eigenvalue weighted by molar-refractivity contribution is -0.384. The van der Waals surface area contributed by atoms with Crippen LogP contribution in [-0.4, -0.2) is 32.1 Å². The Balaban J connectivity index is 2.43. The van der Waals surface area contributed by atoms with E-state index in [4.69, 9.17) is 0 Å². The highest BCUT2D eigenvalue weighted by Crippen LogP contribution is 2.35. The number of nitrogens with zero attached hydrogens (tertiary/aromatic N) is 3. The summed E-state index contributed by atoms with van der Waals surface area (Å²) in [4.78, 5) is 14.1. The van der Waals surface area contributed by atoms with Gasteiger partial charge >= 0.3 is 0 Å². The summed E-state index contributed by atoms with van der Waals surface area (Å²) in [7, 11) is 3.45. The van der Waals surface area contributed by atoms with Crippen molar-refractivity contribution in [3.8, 4) is 0 Å². The molecule has 1 heterocycles. The predicted octanol–water partition coefficient (Wildman–Crippen LogP) is 3.04. The summed E-state index contributed by atoms with van der Waals surface area (Å²) in [6.45, 7) is 3.73. The SMILES string of the molecule is C[C@H]1CCCN(c2cc(N(C)C)c([N+](=O)[O-])cc2F)C1. The van der Waals surface area contributed by atoms with Crippen LogP contribution in [0.15, 0.2) is 12.1 Å². The van der Waals surface area contributed by atoms with Gasteiger partial charge in [0.1, 0.15) is 5.69 Å². The van der Waals surface area contributed by atoms with Crippen molar-refractivity contribution >= 4 is 17.1 Å². The molecule has 1 fully saturated rings. The number of nitro benzene ring substituents is 1. The molecule has 1 aromatic rings. The lowest BCUT2D eigenvalue weighted by Crippen LogP contribution is -2.35. The zero-order chi connectivity index (χ0) is 14.9. The summed E-state index contributed by atoms with van der Waals surface area (Å²) in [5, 5.41) is 11.0. The Morgan fingerprint density at radius 3 is 2.70 bits per heavy atom. The van der Waals surface area contributed by atoms with E-state index in [1.54, 1.807) is 25.1 Å². The van der Waals surface area contributed by atoms with Crippen molar-refractivity contribution in [1.82, 2.24) is 0 Å². The molecule has 6 heteroatoms. The lowest BCUT2D eigenvalue weighted by atomic mass is 9.99. The number of anilines is 2. The third-order valence-corrected chi connectivity index (χ3v) is 3.72. The van der Waals surface area contributed by atoms with E-state index in [0.717, 1.165) is 32.0 Å². The topological polar surface area (TPSA) is 49.6 Å². The maximum absolute atomic E-state index is 14.2. The Kier molecular flexibility index (Phi) is 4.11. The van der Waals surface area contributed by atoms with E-state index in [2.05, 4.69) is 6.92 Å². The third-order valence-electron chi connectivity index (χ3n) is 3.72. The fourth-order valence-electron chi connectivity index (χ4n) is 2.70. The van der Waals surface area contributed by atoms with Gasteiger partial charge in [-0.05, 0) is 24.8 Å². The molecule has 5 nitrogen and oxygen atoms in total. The van der Waals surface area contributed by atoms with Gasteiger partial charge in [0.15, 0.2) is 5.82 Å². The van der Waals surface area contributed by atoms with Gasteiger partial charge in [-0.2, -0.15) is 0 Å². The molecule has 1 saturated heterocycles. The lowest BCUT2D eigenvalue weighted by Gasteiger charge is -2.33. The van der Waals surface area contributed by atoms with Crippen LogP contribution in [0.4, 0.5) is 21.5 Å². The molecule has 0 spiro atoms. The molecular weight excluding hydrogens is 261 g/mol. The highest BCUT2D eigenvalue weighted by Gasteiger charge is 2.24. The van der Waals surface area contributed by atoms with E-state index in [1.165, 1.54) is 0 Å². The van der Waals surface area contributed by atoms with Crippen LogP contribution in [-0.2, 0) is 0 Å². The first-order valence-corrected chi connectivity index (χ1v) is 6.80. The molecule has 1 atom stereocenters. The fourth-order valence-corrected chi connectivity index (χ4v) is 2.70. The molecule has 0 N–H and O–H groups in total. The molecule has 20 heavy (non-hydrogen) atoms. The van der Waals surface area contributed by atoms with Crippen LogP contribution in [0, 0.1) is 21.8 Å². The second kappa shape index (κ2) is 5.64. The van der Waals surface area contributed by atoms with Gasteiger partial charge in [-0.15, -0.1) is 0 Å². The molecule has 0 saturated carbocycles. The Hall–Kier alpha value is -1.85. The van der Waals surface area contributed by atoms with Gasteiger partial charge in [0, 0.05) is 27.2 Å². The molecule has 2 rings (SSSR count). The van der Waals surface area contributed by atoms with Crippen molar-refractivity contribution < 1.29 is 9.31 Å². The number of halogens is 1. The summed E-state index contributed by atoms with van der Waals surface area (Å²) < 4.78 is 14.2. The van der Waals surface area contributed by atoms with Crippen molar-refractivity contribution in [2.24, 2.45) is 5.92 Å². The number of hydrogen-bond acceptors (Lipinski definition) is 4. The van der Waals surface area contributed by atoms with E-state index >= 15 is 0 Å². The summed E-state index contributed by atoms with van der Waals surface area (Å²) in [5.41, 5.74) is 0.705. The van der Waals surface area contributed by atoms with Crippen molar-refractivity contribution in [3.05, 3.63) is 28.1 Å². The minimum absolute atomic E-state index is 0.193. The smallest absolute Gasteiger partial charge is 0.295 e. The van der Waals surface area contributed by atoms with Gasteiger partial charge in [0.05, 0.1) is 16.7 Å². The van der Waals surface area contributed by atoms with Crippen LogP contribution in [0.1, 0.15) is 19.8 Å². The molecule has 1 aliphatic rings.